The molecule has 6 heteroatoms. The lowest BCUT2D eigenvalue weighted by Crippen LogP contribution is -2.33. The van der Waals surface area contributed by atoms with Gasteiger partial charge < -0.3 is 5.73 Å². The van der Waals surface area contributed by atoms with Crippen LogP contribution >= 0.6 is 12.4 Å². The van der Waals surface area contributed by atoms with Crippen LogP contribution in [0, 0.1) is 0 Å². The average molecular weight is 291 g/mol. The van der Waals surface area contributed by atoms with Crippen molar-refractivity contribution in [3.63, 3.8) is 0 Å². The quantitative estimate of drug-likeness (QED) is 0.909. The van der Waals surface area contributed by atoms with E-state index in [2.05, 4.69) is 0 Å². The fourth-order valence-corrected chi connectivity index (χ4v) is 3.41. The molecule has 1 aromatic carbocycles. The third-order valence-corrected chi connectivity index (χ3v) is 5.13. The summed E-state index contributed by atoms with van der Waals surface area (Å²) in [5.41, 5.74) is 7.17. The summed E-state index contributed by atoms with van der Waals surface area (Å²) in [5, 5.41) is 0. The van der Waals surface area contributed by atoms with E-state index < -0.39 is 10.0 Å². The standard InChI is InChI=1S/C12H18N2O2S.ClH/c1-2-17(15,16)14-8-11(12(13)9-14)10-6-4-3-5-7-10;/h3-7,11-12H,2,8-9,13H2,1H3;1H/t11-,12+;/m0./s1. The van der Waals surface area contributed by atoms with Gasteiger partial charge in [0.15, 0.2) is 0 Å². The van der Waals surface area contributed by atoms with Crippen molar-refractivity contribution in [2.24, 2.45) is 5.73 Å². The van der Waals surface area contributed by atoms with Gasteiger partial charge in [0.1, 0.15) is 0 Å². The molecular weight excluding hydrogens is 272 g/mol. The van der Waals surface area contributed by atoms with Crippen molar-refractivity contribution in [3.8, 4) is 0 Å². The van der Waals surface area contributed by atoms with Crippen molar-refractivity contribution < 1.29 is 8.42 Å². The molecule has 1 heterocycles. The van der Waals surface area contributed by atoms with Gasteiger partial charge in [-0.3, -0.25) is 0 Å². The largest absolute Gasteiger partial charge is 0.326 e. The van der Waals surface area contributed by atoms with E-state index in [1.807, 2.05) is 30.3 Å². The molecule has 4 nitrogen and oxygen atoms in total. The van der Waals surface area contributed by atoms with Crippen LogP contribution in [-0.4, -0.2) is 37.6 Å². The SMILES string of the molecule is CCS(=O)(=O)N1C[C@@H](N)[C@H](c2ccccc2)C1.Cl. The summed E-state index contributed by atoms with van der Waals surface area (Å²) in [6.45, 7) is 2.59. The van der Waals surface area contributed by atoms with Crippen molar-refractivity contribution in [2.75, 3.05) is 18.8 Å². The van der Waals surface area contributed by atoms with E-state index in [0.29, 0.717) is 13.1 Å². The smallest absolute Gasteiger partial charge is 0.213 e. The molecule has 1 saturated heterocycles. The van der Waals surface area contributed by atoms with Crippen molar-refractivity contribution in [1.29, 1.82) is 0 Å². The van der Waals surface area contributed by atoms with E-state index in [4.69, 9.17) is 5.73 Å². The Morgan fingerprint density at radius 3 is 2.44 bits per heavy atom. The third-order valence-electron chi connectivity index (χ3n) is 3.32. The Morgan fingerprint density at radius 1 is 1.28 bits per heavy atom. The van der Waals surface area contributed by atoms with Gasteiger partial charge in [-0.2, -0.15) is 4.31 Å². The predicted molar refractivity (Wildman–Crippen MR) is 75.4 cm³/mol. The first-order valence-corrected chi connectivity index (χ1v) is 7.44. The second-order valence-electron chi connectivity index (χ2n) is 4.40. The van der Waals surface area contributed by atoms with E-state index in [-0.39, 0.29) is 30.1 Å². The van der Waals surface area contributed by atoms with Gasteiger partial charge >= 0.3 is 0 Å². The van der Waals surface area contributed by atoms with Gasteiger partial charge in [-0.25, -0.2) is 8.42 Å². The first-order chi connectivity index (χ1) is 8.04. The van der Waals surface area contributed by atoms with Crippen LogP contribution in [0.4, 0.5) is 0 Å². The molecule has 1 fully saturated rings. The maximum absolute atomic E-state index is 11.8. The van der Waals surface area contributed by atoms with Crippen LogP contribution in [0.25, 0.3) is 0 Å². The maximum Gasteiger partial charge on any atom is 0.213 e. The van der Waals surface area contributed by atoms with Crippen molar-refractivity contribution in [1.82, 2.24) is 4.31 Å². The molecule has 0 radical (unpaired) electrons. The van der Waals surface area contributed by atoms with Crippen LogP contribution in [0.2, 0.25) is 0 Å². The summed E-state index contributed by atoms with van der Waals surface area (Å²) in [7, 11) is -3.12. The summed E-state index contributed by atoms with van der Waals surface area (Å²) >= 11 is 0. The van der Waals surface area contributed by atoms with Gasteiger partial charge in [0.25, 0.3) is 0 Å². The minimum atomic E-state index is -3.12. The molecule has 2 rings (SSSR count). The van der Waals surface area contributed by atoms with Crippen molar-refractivity contribution in [3.05, 3.63) is 35.9 Å². The summed E-state index contributed by atoms with van der Waals surface area (Å²) in [6.07, 6.45) is 0. The topological polar surface area (TPSA) is 63.4 Å². The van der Waals surface area contributed by atoms with E-state index in [1.165, 1.54) is 4.31 Å². The Balaban J connectivity index is 0.00000162. The van der Waals surface area contributed by atoms with E-state index in [1.54, 1.807) is 6.92 Å². The number of rotatable bonds is 3. The summed E-state index contributed by atoms with van der Waals surface area (Å²) in [5.74, 6) is 0.249. The number of halogens is 1. The van der Waals surface area contributed by atoms with Crippen LogP contribution in [0.1, 0.15) is 18.4 Å². The first kappa shape index (κ1) is 15.4. The molecule has 1 aromatic rings. The van der Waals surface area contributed by atoms with Crippen molar-refractivity contribution >= 4 is 22.4 Å². The Labute approximate surface area is 115 Å². The van der Waals surface area contributed by atoms with Crippen LogP contribution in [0.3, 0.4) is 0 Å². The molecule has 0 aliphatic carbocycles. The number of nitrogens with two attached hydrogens (primary N) is 1. The molecule has 18 heavy (non-hydrogen) atoms. The fraction of sp³-hybridized carbons (Fsp3) is 0.500. The lowest BCUT2D eigenvalue weighted by Gasteiger charge is -2.15. The van der Waals surface area contributed by atoms with Gasteiger partial charge in [-0.05, 0) is 12.5 Å². The number of benzene rings is 1. The zero-order valence-corrected chi connectivity index (χ0v) is 12.0. The average Bonchev–Trinajstić information content (AvgIpc) is 2.73. The highest BCUT2D eigenvalue weighted by Crippen LogP contribution is 2.27. The van der Waals surface area contributed by atoms with Gasteiger partial charge in [0.2, 0.25) is 10.0 Å². The second kappa shape index (κ2) is 6.02. The second-order valence-corrected chi connectivity index (χ2v) is 6.66. The third kappa shape index (κ3) is 3.03. The Morgan fingerprint density at radius 2 is 1.89 bits per heavy atom. The number of sulfonamides is 1. The molecule has 2 atom stereocenters. The molecule has 0 unspecified atom stereocenters. The zero-order valence-electron chi connectivity index (χ0n) is 10.3. The molecule has 0 bridgehead atoms. The lowest BCUT2D eigenvalue weighted by molar-refractivity contribution is 0.471. The minimum Gasteiger partial charge on any atom is -0.326 e. The molecule has 1 aliphatic heterocycles. The van der Waals surface area contributed by atoms with Gasteiger partial charge in [-0.1, -0.05) is 30.3 Å². The highest BCUT2D eigenvalue weighted by Gasteiger charge is 2.36. The van der Waals surface area contributed by atoms with E-state index in [0.717, 1.165) is 5.56 Å². The zero-order chi connectivity index (χ0) is 12.5. The lowest BCUT2D eigenvalue weighted by atomic mass is 9.95. The van der Waals surface area contributed by atoms with E-state index >= 15 is 0 Å². The van der Waals surface area contributed by atoms with Crippen LogP contribution in [0.5, 0.6) is 0 Å². The Hall–Kier alpha value is -0.620. The number of nitrogens with zero attached hydrogens (tertiary/aromatic N) is 1. The van der Waals surface area contributed by atoms with Gasteiger partial charge in [0, 0.05) is 25.0 Å². The summed E-state index contributed by atoms with van der Waals surface area (Å²) < 4.78 is 25.1. The normalized spacial score (nSPS) is 24.8. The first-order valence-electron chi connectivity index (χ1n) is 5.83. The number of hydrogen-bond acceptors (Lipinski definition) is 3. The Kier molecular flexibility index (Phi) is 5.16. The van der Waals surface area contributed by atoms with Crippen molar-refractivity contribution in [2.45, 2.75) is 18.9 Å². The molecule has 0 amide bonds. The maximum atomic E-state index is 11.8. The highest BCUT2D eigenvalue weighted by atomic mass is 35.5. The molecule has 102 valence electrons. The van der Waals surface area contributed by atoms with Gasteiger partial charge in [-0.15, -0.1) is 12.4 Å². The molecular formula is C12H19ClN2O2S. The fourth-order valence-electron chi connectivity index (χ4n) is 2.25. The molecule has 0 spiro atoms. The Bertz CT molecular complexity index is 478. The summed E-state index contributed by atoms with van der Waals surface area (Å²) in [4.78, 5) is 0. The molecule has 0 saturated carbocycles. The van der Waals surface area contributed by atoms with E-state index in [9.17, 15) is 8.42 Å². The predicted octanol–water partition coefficient (Wildman–Crippen LogP) is 1.18. The highest BCUT2D eigenvalue weighted by molar-refractivity contribution is 7.89. The molecule has 1 aliphatic rings. The van der Waals surface area contributed by atoms with Crippen LogP contribution in [-0.2, 0) is 10.0 Å². The van der Waals surface area contributed by atoms with Gasteiger partial charge in [0.05, 0.1) is 5.75 Å². The molecule has 2 N–H and O–H groups in total. The minimum absolute atomic E-state index is 0. The number of hydrogen-bond donors (Lipinski definition) is 1. The summed E-state index contributed by atoms with van der Waals surface area (Å²) in [6, 6.07) is 9.76. The van der Waals surface area contributed by atoms with Crippen LogP contribution in [0.15, 0.2) is 30.3 Å². The van der Waals surface area contributed by atoms with Crippen LogP contribution < -0.4 is 5.73 Å². The monoisotopic (exact) mass is 290 g/mol. The molecule has 0 aromatic heterocycles.